The zero-order valence-corrected chi connectivity index (χ0v) is 16.9. The van der Waals surface area contributed by atoms with Gasteiger partial charge < -0.3 is 15.0 Å². The molecule has 2 aromatic carbocycles. The summed E-state index contributed by atoms with van der Waals surface area (Å²) in [5.74, 6) is -0.348. The Hall–Kier alpha value is -3.26. The van der Waals surface area contributed by atoms with E-state index in [2.05, 4.69) is 5.32 Å². The van der Waals surface area contributed by atoms with Gasteiger partial charge in [0.05, 0.1) is 18.1 Å². The maximum atomic E-state index is 12.5. The monoisotopic (exact) mass is 411 g/mol. The van der Waals surface area contributed by atoms with Crippen molar-refractivity contribution in [3.63, 3.8) is 0 Å². The number of nitrogens with one attached hydrogen (secondary N) is 1. The van der Waals surface area contributed by atoms with E-state index in [4.69, 9.17) is 4.74 Å². The Morgan fingerprint density at radius 1 is 1.20 bits per heavy atom. The van der Waals surface area contributed by atoms with Gasteiger partial charge in [0.15, 0.2) is 0 Å². The van der Waals surface area contributed by atoms with Crippen LogP contribution in [0.25, 0.3) is 0 Å². The normalized spacial score (nSPS) is 16.2. The number of nitro groups is 1. The number of morpholine rings is 1. The van der Waals surface area contributed by atoms with Crippen LogP contribution in [0.3, 0.4) is 0 Å². The van der Waals surface area contributed by atoms with Crippen LogP contribution in [0.1, 0.15) is 40.4 Å². The van der Waals surface area contributed by atoms with Crippen LogP contribution in [-0.4, -0.2) is 47.9 Å². The molecule has 0 spiro atoms. The van der Waals surface area contributed by atoms with Crippen LogP contribution in [0.2, 0.25) is 0 Å². The molecular weight excluding hydrogens is 386 g/mol. The standard InChI is InChI=1S/C22H25N3O5/c1-16-18(9-5-10-19(16)25(28)29)22(27)23-12-6-11-21(26)24-13-14-30-20(15-24)17-7-3-2-4-8-17/h2-5,7-10,20H,6,11-15H2,1H3,(H,23,27). The van der Waals surface area contributed by atoms with E-state index in [1.165, 1.54) is 12.1 Å². The third kappa shape index (κ3) is 5.21. The fourth-order valence-electron chi connectivity index (χ4n) is 3.51. The van der Waals surface area contributed by atoms with Gasteiger partial charge in [0.25, 0.3) is 11.6 Å². The van der Waals surface area contributed by atoms with Crippen LogP contribution in [0.4, 0.5) is 5.69 Å². The Labute approximate surface area is 175 Å². The summed E-state index contributed by atoms with van der Waals surface area (Å²) in [4.78, 5) is 37.2. The lowest BCUT2D eigenvalue weighted by Gasteiger charge is -2.33. The lowest BCUT2D eigenvalue weighted by atomic mass is 10.1. The molecule has 1 aliphatic heterocycles. The third-order valence-electron chi connectivity index (χ3n) is 5.19. The number of rotatable bonds is 7. The van der Waals surface area contributed by atoms with Crippen molar-refractivity contribution in [2.75, 3.05) is 26.2 Å². The van der Waals surface area contributed by atoms with Crippen LogP contribution in [0.5, 0.6) is 0 Å². The van der Waals surface area contributed by atoms with Crippen molar-refractivity contribution in [3.8, 4) is 0 Å². The van der Waals surface area contributed by atoms with Gasteiger partial charge in [-0.1, -0.05) is 36.4 Å². The summed E-state index contributed by atoms with van der Waals surface area (Å²) in [6.07, 6.45) is 0.683. The molecule has 0 bridgehead atoms. The van der Waals surface area contributed by atoms with Gasteiger partial charge in [-0.3, -0.25) is 19.7 Å². The zero-order valence-electron chi connectivity index (χ0n) is 16.9. The summed E-state index contributed by atoms with van der Waals surface area (Å²) < 4.78 is 5.79. The van der Waals surface area contributed by atoms with Crippen molar-refractivity contribution in [1.82, 2.24) is 10.2 Å². The van der Waals surface area contributed by atoms with E-state index in [-0.39, 0.29) is 29.2 Å². The van der Waals surface area contributed by atoms with Crippen LogP contribution in [0.15, 0.2) is 48.5 Å². The lowest BCUT2D eigenvalue weighted by Crippen LogP contribution is -2.42. The topological polar surface area (TPSA) is 102 Å². The fourth-order valence-corrected chi connectivity index (χ4v) is 3.51. The highest BCUT2D eigenvalue weighted by Crippen LogP contribution is 2.23. The van der Waals surface area contributed by atoms with E-state index in [0.717, 1.165) is 5.56 Å². The number of carbonyl (C=O) groups excluding carboxylic acids is 2. The van der Waals surface area contributed by atoms with Gasteiger partial charge in [-0.15, -0.1) is 0 Å². The Morgan fingerprint density at radius 2 is 1.97 bits per heavy atom. The number of carbonyl (C=O) groups is 2. The van der Waals surface area contributed by atoms with Crippen LogP contribution >= 0.6 is 0 Å². The molecule has 0 aliphatic carbocycles. The highest BCUT2D eigenvalue weighted by Gasteiger charge is 2.25. The first-order valence-corrected chi connectivity index (χ1v) is 9.94. The number of benzene rings is 2. The summed E-state index contributed by atoms with van der Waals surface area (Å²) in [6, 6.07) is 14.2. The molecule has 1 N–H and O–H groups in total. The Kier molecular flexibility index (Phi) is 7.13. The second kappa shape index (κ2) is 9.98. The summed E-state index contributed by atoms with van der Waals surface area (Å²) in [7, 11) is 0. The summed E-state index contributed by atoms with van der Waals surface area (Å²) in [6.45, 7) is 3.44. The Morgan fingerprint density at radius 3 is 2.70 bits per heavy atom. The van der Waals surface area contributed by atoms with Crippen molar-refractivity contribution in [3.05, 3.63) is 75.3 Å². The average Bonchev–Trinajstić information content (AvgIpc) is 2.77. The van der Waals surface area contributed by atoms with Crippen molar-refractivity contribution in [2.24, 2.45) is 0 Å². The van der Waals surface area contributed by atoms with Crippen LogP contribution in [0, 0.1) is 17.0 Å². The predicted octanol–water partition coefficient (Wildman–Crippen LogP) is 3.01. The molecule has 0 aromatic heterocycles. The van der Waals surface area contributed by atoms with Gasteiger partial charge >= 0.3 is 0 Å². The van der Waals surface area contributed by atoms with Crippen molar-refractivity contribution in [2.45, 2.75) is 25.9 Å². The molecule has 0 radical (unpaired) electrons. The molecule has 1 atom stereocenters. The van der Waals surface area contributed by atoms with E-state index in [0.29, 0.717) is 44.6 Å². The van der Waals surface area contributed by atoms with Gasteiger partial charge in [-0.2, -0.15) is 0 Å². The Bertz CT molecular complexity index is 916. The van der Waals surface area contributed by atoms with Gasteiger partial charge in [-0.25, -0.2) is 0 Å². The highest BCUT2D eigenvalue weighted by atomic mass is 16.6. The Balaban J connectivity index is 1.46. The number of ether oxygens (including phenoxy) is 1. The minimum atomic E-state index is -0.504. The van der Waals surface area contributed by atoms with E-state index in [9.17, 15) is 19.7 Å². The number of nitrogens with zero attached hydrogens (tertiary/aromatic N) is 2. The minimum absolute atomic E-state index is 0.0278. The maximum Gasteiger partial charge on any atom is 0.273 e. The summed E-state index contributed by atoms with van der Waals surface area (Å²) in [5.41, 5.74) is 1.57. The van der Waals surface area contributed by atoms with E-state index in [1.54, 1.807) is 17.9 Å². The number of hydrogen-bond donors (Lipinski definition) is 1. The second-order valence-corrected chi connectivity index (χ2v) is 7.18. The highest BCUT2D eigenvalue weighted by molar-refractivity contribution is 5.96. The molecule has 1 heterocycles. The number of nitro benzene ring substituents is 1. The molecule has 1 saturated heterocycles. The number of hydrogen-bond acceptors (Lipinski definition) is 5. The maximum absolute atomic E-state index is 12.5. The molecule has 8 heteroatoms. The van der Waals surface area contributed by atoms with E-state index < -0.39 is 4.92 Å². The largest absolute Gasteiger partial charge is 0.370 e. The smallest absolute Gasteiger partial charge is 0.273 e. The van der Waals surface area contributed by atoms with Crippen molar-refractivity contribution < 1.29 is 19.2 Å². The van der Waals surface area contributed by atoms with E-state index in [1.807, 2.05) is 30.3 Å². The average molecular weight is 411 g/mol. The minimum Gasteiger partial charge on any atom is -0.370 e. The molecule has 158 valence electrons. The molecule has 0 saturated carbocycles. The second-order valence-electron chi connectivity index (χ2n) is 7.18. The molecule has 1 unspecified atom stereocenters. The molecule has 30 heavy (non-hydrogen) atoms. The fraction of sp³-hybridized carbons (Fsp3) is 0.364. The van der Waals surface area contributed by atoms with Crippen molar-refractivity contribution >= 4 is 17.5 Å². The molecule has 8 nitrogen and oxygen atoms in total. The zero-order chi connectivity index (χ0) is 21.5. The first kappa shape index (κ1) is 21.4. The van der Waals surface area contributed by atoms with Gasteiger partial charge in [0.1, 0.15) is 6.10 Å². The summed E-state index contributed by atoms with van der Waals surface area (Å²) >= 11 is 0. The van der Waals surface area contributed by atoms with Crippen molar-refractivity contribution in [1.29, 1.82) is 0 Å². The lowest BCUT2D eigenvalue weighted by molar-refractivity contribution is -0.385. The molecule has 1 fully saturated rings. The number of amides is 2. The quantitative estimate of drug-likeness (QED) is 0.429. The third-order valence-corrected chi connectivity index (χ3v) is 5.19. The van der Waals surface area contributed by atoms with Gasteiger partial charge in [0, 0.05) is 36.7 Å². The first-order valence-electron chi connectivity index (χ1n) is 9.94. The molecule has 1 aliphatic rings. The molecular formula is C22H25N3O5. The molecule has 2 aromatic rings. The van der Waals surface area contributed by atoms with Crippen LogP contribution in [-0.2, 0) is 9.53 Å². The summed E-state index contributed by atoms with van der Waals surface area (Å²) in [5, 5.41) is 13.8. The van der Waals surface area contributed by atoms with E-state index >= 15 is 0 Å². The van der Waals surface area contributed by atoms with Gasteiger partial charge in [0.2, 0.25) is 5.91 Å². The SMILES string of the molecule is Cc1c(C(=O)NCCCC(=O)N2CCOC(c3ccccc3)C2)cccc1[N+](=O)[O-]. The molecule has 2 amide bonds. The van der Waals surface area contributed by atoms with Crippen LogP contribution < -0.4 is 5.32 Å². The predicted molar refractivity (Wildman–Crippen MR) is 111 cm³/mol. The molecule has 3 rings (SSSR count). The van der Waals surface area contributed by atoms with Gasteiger partial charge in [-0.05, 0) is 25.0 Å². The first-order chi connectivity index (χ1) is 14.5.